The fraction of sp³-hybridized carbons (Fsp3) is 0.364. The van der Waals surface area contributed by atoms with Crippen LogP contribution in [-0.2, 0) is 13.1 Å². The Bertz CT molecular complexity index is 379. The molecule has 5 nitrogen and oxygen atoms in total. The lowest BCUT2D eigenvalue weighted by atomic mass is 9.98. The summed E-state index contributed by atoms with van der Waals surface area (Å²) < 4.78 is 0. The monoisotopic (exact) mass is 224 g/mol. The lowest BCUT2D eigenvalue weighted by Gasteiger charge is -2.11. The van der Waals surface area contributed by atoms with Crippen molar-refractivity contribution in [2.45, 2.75) is 19.2 Å². The van der Waals surface area contributed by atoms with Crippen molar-refractivity contribution >= 4 is 5.78 Å². The number of hydrogen-bond acceptors (Lipinski definition) is 5. The van der Waals surface area contributed by atoms with E-state index in [0.717, 1.165) is 5.56 Å². The fourth-order valence-corrected chi connectivity index (χ4v) is 1.42. The Morgan fingerprint density at radius 2 is 2.00 bits per heavy atom. The van der Waals surface area contributed by atoms with E-state index in [1.54, 1.807) is 18.2 Å². The highest BCUT2D eigenvalue weighted by atomic mass is 16.3. The van der Waals surface area contributed by atoms with E-state index in [1.165, 1.54) is 0 Å². The molecule has 0 saturated carbocycles. The average Bonchev–Trinajstić information content (AvgIpc) is 2.35. The molecular formula is C11H16N2O3. The minimum Gasteiger partial charge on any atom is -0.393 e. The quantitative estimate of drug-likeness (QED) is 0.486. The number of Topliss-reactive ketones (excluding diaryl/α,β-unsaturated/α-hetero) is 1. The molecule has 0 amide bonds. The number of ketones is 1. The van der Waals surface area contributed by atoms with Gasteiger partial charge in [0.15, 0.2) is 5.78 Å². The normalized spacial score (nSPS) is 12.5. The zero-order valence-electron chi connectivity index (χ0n) is 8.89. The molecule has 1 aromatic rings. The van der Waals surface area contributed by atoms with Crippen molar-refractivity contribution in [3.63, 3.8) is 0 Å². The van der Waals surface area contributed by atoms with E-state index < -0.39 is 18.5 Å². The second-order valence-corrected chi connectivity index (χ2v) is 3.46. The van der Waals surface area contributed by atoms with Gasteiger partial charge in [-0.25, -0.2) is 0 Å². The van der Waals surface area contributed by atoms with Gasteiger partial charge in [-0.1, -0.05) is 12.1 Å². The molecular weight excluding hydrogens is 208 g/mol. The molecule has 1 rings (SSSR count). The number of aliphatic hydroxyl groups excluding tert-OH is 2. The molecule has 0 aromatic heterocycles. The van der Waals surface area contributed by atoms with E-state index in [4.69, 9.17) is 16.6 Å². The van der Waals surface area contributed by atoms with Crippen LogP contribution in [0.1, 0.15) is 21.5 Å². The molecule has 6 N–H and O–H groups in total. The largest absolute Gasteiger partial charge is 0.393 e. The Kier molecular flexibility index (Phi) is 4.57. The van der Waals surface area contributed by atoms with Crippen LogP contribution in [0.25, 0.3) is 0 Å². The number of carbonyl (C=O) groups is 1. The highest BCUT2D eigenvalue weighted by Gasteiger charge is 2.19. The molecule has 0 radical (unpaired) electrons. The maximum Gasteiger partial charge on any atom is 0.193 e. The second-order valence-electron chi connectivity index (χ2n) is 3.46. The fourth-order valence-electron chi connectivity index (χ4n) is 1.42. The van der Waals surface area contributed by atoms with Crippen molar-refractivity contribution < 1.29 is 15.0 Å². The summed E-state index contributed by atoms with van der Waals surface area (Å²) >= 11 is 0. The topological polar surface area (TPSA) is 110 Å². The van der Waals surface area contributed by atoms with Gasteiger partial charge in [-0.2, -0.15) is 0 Å². The summed E-state index contributed by atoms with van der Waals surface area (Å²) in [6.07, 6.45) is -1.40. The molecule has 0 aliphatic heterocycles. The first-order chi connectivity index (χ1) is 7.63. The van der Waals surface area contributed by atoms with Gasteiger partial charge in [-0.3, -0.25) is 4.79 Å². The van der Waals surface area contributed by atoms with Crippen LogP contribution in [0.2, 0.25) is 0 Å². The molecule has 1 unspecified atom stereocenters. The summed E-state index contributed by atoms with van der Waals surface area (Å²) in [6, 6.07) is 5.09. The van der Waals surface area contributed by atoms with Gasteiger partial charge in [0, 0.05) is 18.7 Å². The van der Waals surface area contributed by atoms with Gasteiger partial charge in [-0.15, -0.1) is 0 Å². The van der Waals surface area contributed by atoms with Gasteiger partial charge in [0.1, 0.15) is 6.10 Å². The summed E-state index contributed by atoms with van der Waals surface area (Å²) in [5.74, 6) is -0.529. The summed E-state index contributed by atoms with van der Waals surface area (Å²) in [5, 5.41) is 18.0. The number of aliphatic hydroxyl groups is 2. The minimum absolute atomic E-state index is 0.198. The van der Waals surface area contributed by atoms with Gasteiger partial charge in [0.05, 0.1) is 6.61 Å². The zero-order chi connectivity index (χ0) is 12.1. The minimum atomic E-state index is -1.40. The second kappa shape index (κ2) is 5.72. The molecule has 88 valence electrons. The molecule has 1 aromatic carbocycles. The predicted octanol–water partition coefficient (Wildman–Crippen LogP) is -0.860. The van der Waals surface area contributed by atoms with E-state index >= 15 is 0 Å². The first kappa shape index (κ1) is 12.8. The molecule has 0 heterocycles. The molecule has 0 aliphatic carbocycles. The van der Waals surface area contributed by atoms with Crippen LogP contribution in [0.15, 0.2) is 18.2 Å². The third-order valence-corrected chi connectivity index (χ3v) is 2.37. The molecule has 0 spiro atoms. The van der Waals surface area contributed by atoms with E-state index in [9.17, 15) is 9.90 Å². The van der Waals surface area contributed by atoms with Crippen LogP contribution in [0.4, 0.5) is 0 Å². The van der Waals surface area contributed by atoms with Gasteiger partial charge >= 0.3 is 0 Å². The predicted molar refractivity (Wildman–Crippen MR) is 59.6 cm³/mol. The summed E-state index contributed by atoms with van der Waals surface area (Å²) in [4.78, 5) is 11.7. The van der Waals surface area contributed by atoms with Gasteiger partial charge in [0.25, 0.3) is 0 Å². The third kappa shape index (κ3) is 2.65. The van der Waals surface area contributed by atoms with Crippen molar-refractivity contribution in [1.29, 1.82) is 0 Å². The van der Waals surface area contributed by atoms with Crippen molar-refractivity contribution in [1.82, 2.24) is 0 Å². The van der Waals surface area contributed by atoms with Crippen LogP contribution in [-0.4, -0.2) is 28.7 Å². The van der Waals surface area contributed by atoms with Crippen LogP contribution in [0.5, 0.6) is 0 Å². The average molecular weight is 224 g/mol. The van der Waals surface area contributed by atoms with E-state index in [0.29, 0.717) is 17.7 Å². The smallest absolute Gasteiger partial charge is 0.193 e. The highest BCUT2D eigenvalue weighted by Crippen LogP contribution is 2.14. The van der Waals surface area contributed by atoms with Crippen LogP contribution in [0.3, 0.4) is 0 Å². The molecule has 0 bridgehead atoms. The Morgan fingerprint density at radius 3 is 2.50 bits per heavy atom. The molecule has 0 fully saturated rings. The Labute approximate surface area is 93.7 Å². The molecule has 16 heavy (non-hydrogen) atoms. The van der Waals surface area contributed by atoms with Crippen LogP contribution < -0.4 is 11.5 Å². The van der Waals surface area contributed by atoms with Crippen molar-refractivity contribution in [2.24, 2.45) is 11.5 Å². The molecule has 0 aliphatic rings. The van der Waals surface area contributed by atoms with Crippen molar-refractivity contribution in [3.05, 3.63) is 34.9 Å². The molecule has 1 atom stereocenters. The van der Waals surface area contributed by atoms with Crippen molar-refractivity contribution in [3.8, 4) is 0 Å². The lowest BCUT2D eigenvalue weighted by molar-refractivity contribution is 0.0586. The lowest BCUT2D eigenvalue weighted by Crippen LogP contribution is -2.26. The van der Waals surface area contributed by atoms with Gasteiger partial charge < -0.3 is 21.7 Å². The first-order valence-electron chi connectivity index (χ1n) is 4.99. The first-order valence-corrected chi connectivity index (χ1v) is 4.99. The maximum atomic E-state index is 11.7. The summed E-state index contributed by atoms with van der Waals surface area (Å²) in [7, 11) is 0. The zero-order valence-corrected chi connectivity index (χ0v) is 8.89. The number of carbonyl (C=O) groups excluding carboxylic acids is 1. The van der Waals surface area contributed by atoms with Crippen LogP contribution >= 0.6 is 0 Å². The third-order valence-electron chi connectivity index (χ3n) is 2.37. The molecule has 5 heteroatoms. The van der Waals surface area contributed by atoms with Gasteiger partial charge in [0.2, 0.25) is 0 Å². The van der Waals surface area contributed by atoms with Crippen LogP contribution in [0, 0.1) is 0 Å². The number of rotatable bonds is 5. The number of benzene rings is 1. The number of hydrogen-bond donors (Lipinski definition) is 4. The Balaban J connectivity index is 3.13. The van der Waals surface area contributed by atoms with Gasteiger partial charge in [-0.05, 0) is 17.2 Å². The standard InChI is InChI=1S/C11H16N2O3/c12-4-7-1-2-8(5-13)9(3-7)11(16)10(15)6-14/h1-3,10,14-15H,4-6,12-13H2. The summed E-state index contributed by atoms with van der Waals surface area (Å²) in [6.45, 7) is -0.0971. The molecule has 0 saturated heterocycles. The SMILES string of the molecule is NCc1ccc(CN)c(C(=O)C(O)CO)c1. The maximum absolute atomic E-state index is 11.7. The highest BCUT2D eigenvalue weighted by molar-refractivity contribution is 6.00. The number of nitrogens with two attached hydrogens (primary N) is 2. The van der Waals surface area contributed by atoms with E-state index in [-0.39, 0.29) is 6.54 Å². The Morgan fingerprint density at radius 1 is 1.31 bits per heavy atom. The summed E-state index contributed by atoms with van der Waals surface area (Å²) in [5.41, 5.74) is 12.7. The van der Waals surface area contributed by atoms with E-state index in [2.05, 4.69) is 0 Å². The van der Waals surface area contributed by atoms with E-state index in [1.807, 2.05) is 0 Å². The van der Waals surface area contributed by atoms with Crippen molar-refractivity contribution in [2.75, 3.05) is 6.61 Å². The Hall–Kier alpha value is -1.27.